The lowest BCUT2D eigenvalue weighted by atomic mass is 9.97. The van der Waals surface area contributed by atoms with Gasteiger partial charge in [-0.05, 0) is 23.6 Å². The monoisotopic (exact) mass is 275 g/mol. The summed E-state index contributed by atoms with van der Waals surface area (Å²) in [5, 5.41) is 7.98. The van der Waals surface area contributed by atoms with Crippen LogP contribution in [0.15, 0.2) is 36.5 Å². The third kappa shape index (κ3) is 6.58. The van der Waals surface area contributed by atoms with E-state index in [0.717, 1.165) is 0 Å². The Labute approximate surface area is 119 Å². The third-order valence-electron chi connectivity index (χ3n) is 2.24. The molecule has 0 aliphatic rings. The summed E-state index contributed by atoms with van der Waals surface area (Å²) < 4.78 is 0. The maximum Gasteiger partial charge on any atom is 0.323 e. The molecule has 0 atom stereocenters. The molecule has 0 radical (unpaired) electrons. The molecule has 3 N–H and O–H groups in total. The number of hydrogen-bond acceptors (Lipinski definition) is 2. The SMILES string of the molecule is CC(=O)Nc1cccc(NC(=O)N/C=C/C(C)(C)C)c1. The summed E-state index contributed by atoms with van der Waals surface area (Å²) in [5.41, 5.74) is 1.26. The lowest BCUT2D eigenvalue weighted by molar-refractivity contribution is -0.114. The standard InChI is InChI=1S/C15H21N3O2/c1-11(19)17-12-6-5-7-13(10-12)18-14(20)16-9-8-15(2,3)4/h5-10H,1-4H3,(H,17,19)(H2,16,18,20)/b9-8+. The van der Waals surface area contributed by atoms with Crippen molar-refractivity contribution in [3.05, 3.63) is 36.5 Å². The van der Waals surface area contributed by atoms with Crippen molar-refractivity contribution in [2.45, 2.75) is 27.7 Å². The Bertz CT molecular complexity index is 516. The lowest BCUT2D eigenvalue weighted by Crippen LogP contribution is -2.24. The fourth-order valence-electron chi connectivity index (χ4n) is 1.41. The van der Waals surface area contributed by atoms with Crippen molar-refractivity contribution in [1.29, 1.82) is 0 Å². The van der Waals surface area contributed by atoms with Crippen molar-refractivity contribution >= 4 is 23.3 Å². The van der Waals surface area contributed by atoms with E-state index in [0.29, 0.717) is 11.4 Å². The molecule has 3 amide bonds. The minimum Gasteiger partial charge on any atom is -0.326 e. The van der Waals surface area contributed by atoms with Crippen LogP contribution in [0.25, 0.3) is 0 Å². The van der Waals surface area contributed by atoms with Gasteiger partial charge in [0, 0.05) is 24.5 Å². The number of anilines is 2. The zero-order valence-corrected chi connectivity index (χ0v) is 12.3. The second-order valence-corrected chi connectivity index (χ2v) is 5.56. The molecule has 0 spiro atoms. The van der Waals surface area contributed by atoms with Gasteiger partial charge in [0.1, 0.15) is 0 Å². The molecule has 5 heteroatoms. The summed E-state index contributed by atoms with van der Waals surface area (Å²) in [7, 11) is 0. The molecule has 108 valence electrons. The summed E-state index contributed by atoms with van der Waals surface area (Å²) in [5.74, 6) is -0.153. The fourth-order valence-corrected chi connectivity index (χ4v) is 1.41. The normalized spacial score (nSPS) is 11.2. The van der Waals surface area contributed by atoms with Crippen LogP contribution < -0.4 is 16.0 Å². The Morgan fingerprint density at radius 1 is 1.10 bits per heavy atom. The van der Waals surface area contributed by atoms with Crippen molar-refractivity contribution in [2.24, 2.45) is 5.41 Å². The summed E-state index contributed by atoms with van der Waals surface area (Å²) in [6.07, 6.45) is 3.52. The van der Waals surface area contributed by atoms with E-state index in [1.165, 1.54) is 6.92 Å². The number of carbonyl (C=O) groups excluding carboxylic acids is 2. The van der Waals surface area contributed by atoms with Gasteiger partial charge in [-0.2, -0.15) is 0 Å². The molecule has 0 aliphatic heterocycles. The quantitative estimate of drug-likeness (QED) is 0.792. The number of allylic oxidation sites excluding steroid dienone is 1. The van der Waals surface area contributed by atoms with Gasteiger partial charge in [-0.3, -0.25) is 4.79 Å². The second-order valence-electron chi connectivity index (χ2n) is 5.56. The van der Waals surface area contributed by atoms with E-state index >= 15 is 0 Å². The predicted molar refractivity (Wildman–Crippen MR) is 81.5 cm³/mol. The van der Waals surface area contributed by atoms with E-state index in [-0.39, 0.29) is 17.4 Å². The number of rotatable bonds is 3. The third-order valence-corrected chi connectivity index (χ3v) is 2.24. The van der Waals surface area contributed by atoms with Gasteiger partial charge in [-0.25, -0.2) is 4.79 Å². The molecule has 0 bridgehead atoms. The van der Waals surface area contributed by atoms with Gasteiger partial charge in [0.25, 0.3) is 0 Å². The maximum atomic E-state index is 11.7. The van der Waals surface area contributed by atoms with E-state index in [1.54, 1.807) is 30.5 Å². The van der Waals surface area contributed by atoms with Crippen LogP contribution in [0.5, 0.6) is 0 Å². The van der Waals surface area contributed by atoms with Gasteiger partial charge in [-0.15, -0.1) is 0 Å². The second kappa shape index (κ2) is 6.75. The highest BCUT2D eigenvalue weighted by molar-refractivity contribution is 5.92. The number of urea groups is 1. The molecule has 1 rings (SSSR count). The molecule has 0 aliphatic carbocycles. The van der Waals surface area contributed by atoms with Crippen LogP contribution in [-0.2, 0) is 4.79 Å². The van der Waals surface area contributed by atoms with Crippen molar-refractivity contribution in [3.8, 4) is 0 Å². The number of hydrogen-bond donors (Lipinski definition) is 3. The zero-order valence-electron chi connectivity index (χ0n) is 12.3. The molecular formula is C15H21N3O2. The van der Waals surface area contributed by atoms with Gasteiger partial charge in [0.15, 0.2) is 0 Å². The van der Waals surface area contributed by atoms with Crippen LogP contribution in [-0.4, -0.2) is 11.9 Å². The first-order valence-electron chi connectivity index (χ1n) is 6.39. The van der Waals surface area contributed by atoms with E-state index < -0.39 is 0 Å². The molecule has 20 heavy (non-hydrogen) atoms. The van der Waals surface area contributed by atoms with E-state index in [1.807, 2.05) is 26.8 Å². The highest BCUT2D eigenvalue weighted by atomic mass is 16.2. The minimum absolute atomic E-state index is 0.0125. The lowest BCUT2D eigenvalue weighted by Gasteiger charge is -2.11. The number of nitrogens with one attached hydrogen (secondary N) is 3. The molecule has 0 saturated carbocycles. The molecule has 0 fully saturated rings. The van der Waals surface area contributed by atoms with Gasteiger partial charge in [-0.1, -0.05) is 32.9 Å². The van der Waals surface area contributed by atoms with Crippen LogP contribution in [0.4, 0.5) is 16.2 Å². The fraction of sp³-hybridized carbons (Fsp3) is 0.333. The number of amides is 3. The van der Waals surface area contributed by atoms with Crippen molar-refractivity contribution in [3.63, 3.8) is 0 Å². The molecule has 0 aromatic heterocycles. The van der Waals surface area contributed by atoms with Gasteiger partial charge in [0.2, 0.25) is 5.91 Å². The first-order chi connectivity index (χ1) is 9.26. The Kier molecular flexibility index (Phi) is 5.32. The number of carbonyl (C=O) groups is 2. The van der Waals surface area contributed by atoms with Crippen LogP contribution in [0.2, 0.25) is 0 Å². The summed E-state index contributed by atoms with van der Waals surface area (Å²) >= 11 is 0. The summed E-state index contributed by atoms with van der Waals surface area (Å²) in [6.45, 7) is 7.56. The van der Waals surface area contributed by atoms with E-state index in [4.69, 9.17) is 0 Å². The Morgan fingerprint density at radius 2 is 1.70 bits per heavy atom. The smallest absolute Gasteiger partial charge is 0.323 e. The molecule has 0 saturated heterocycles. The average Bonchev–Trinajstić information content (AvgIpc) is 2.26. The van der Waals surface area contributed by atoms with Crippen LogP contribution in [0, 0.1) is 5.41 Å². The Balaban J connectivity index is 2.58. The topological polar surface area (TPSA) is 70.2 Å². The Morgan fingerprint density at radius 3 is 2.25 bits per heavy atom. The first kappa shape index (κ1) is 15.8. The van der Waals surface area contributed by atoms with Crippen LogP contribution in [0.3, 0.4) is 0 Å². The zero-order chi connectivity index (χ0) is 15.2. The highest BCUT2D eigenvalue weighted by Gasteiger charge is 2.05. The molecule has 0 heterocycles. The molecule has 1 aromatic rings. The van der Waals surface area contributed by atoms with Gasteiger partial charge >= 0.3 is 6.03 Å². The predicted octanol–water partition coefficient (Wildman–Crippen LogP) is 3.33. The van der Waals surface area contributed by atoms with Crippen molar-refractivity contribution in [2.75, 3.05) is 10.6 Å². The van der Waals surface area contributed by atoms with Crippen molar-refractivity contribution < 1.29 is 9.59 Å². The molecule has 1 aromatic carbocycles. The average molecular weight is 275 g/mol. The largest absolute Gasteiger partial charge is 0.326 e. The van der Waals surface area contributed by atoms with E-state index in [9.17, 15) is 9.59 Å². The minimum atomic E-state index is -0.328. The van der Waals surface area contributed by atoms with E-state index in [2.05, 4.69) is 16.0 Å². The number of benzene rings is 1. The highest BCUT2D eigenvalue weighted by Crippen LogP contribution is 2.15. The maximum absolute atomic E-state index is 11.7. The molecule has 5 nitrogen and oxygen atoms in total. The molecular weight excluding hydrogens is 254 g/mol. The van der Waals surface area contributed by atoms with Gasteiger partial charge < -0.3 is 16.0 Å². The summed E-state index contributed by atoms with van der Waals surface area (Å²) in [4.78, 5) is 22.6. The first-order valence-corrected chi connectivity index (χ1v) is 6.39. The van der Waals surface area contributed by atoms with Crippen molar-refractivity contribution in [1.82, 2.24) is 5.32 Å². The Hall–Kier alpha value is -2.30. The van der Waals surface area contributed by atoms with Crippen LogP contribution in [0.1, 0.15) is 27.7 Å². The van der Waals surface area contributed by atoms with Gasteiger partial charge in [0.05, 0.1) is 0 Å². The summed E-state index contributed by atoms with van der Waals surface area (Å²) in [6, 6.07) is 6.62. The molecule has 0 unspecified atom stereocenters. The van der Waals surface area contributed by atoms with Crippen LogP contribution >= 0.6 is 0 Å².